The molecule has 2 heterocycles. The molecule has 1 aliphatic heterocycles. The first-order chi connectivity index (χ1) is 16.2. The maximum Gasteiger partial charge on any atom is 0.239 e. The van der Waals surface area contributed by atoms with Gasteiger partial charge in [0.05, 0.1) is 13.7 Å². The van der Waals surface area contributed by atoms with Crippen molar-refractivity contribution in [2.75, 3.05) is 13.7 Å². The molecule has 0 spiro atoms. The van der Waals surface area contributed by atoms with Crippen LogP contribution in [0.5, 0.6) is 28.7 Å². The topological polar surface area (TPSA) is 200 Å². The largest absolute Gasteiger partial charge is 0.508 e. The van der Waals surface area contributed by atoms with Gasteiger partial charge in [-0.25, -0.2) is 0 Å². The highest BCUT2D eigenvalue weighted by Crippen LogP contribution is 2.44. The average Bonchev–Trinajstić information content (AvgIpc) is 2.82. The lowest BCUT2D eigenvalue weighted by Crippen LogP contribution is -2.60. The van der Waals surface area contributed by atoms with Crippen molar-refractivity contribution >= 4 is 11.0 Å². The fraction of sp³-hybridized carbons (Fsp3) is 0.318. The minimum Gasteiger partial charge on any atom is -0.508 e. The van der Waals surface area contributed by atoms with E-state index in [1.807, 2.05) is 0 Å². The molecule has 1 aliphatic rings. The third kappa shape index (κ3) is 3.87. The molecule has 0 aliphatic carbocycles. The van der Waals surface area contributed by atoms with E-state index in [4.69, 9.17) is 18.6 Å². The van der Waals surface area contributed by atoms with Crippen molar-refractivity contribution in [2.45, 2.75) is 30.7 Å². The summed E-state index contributed by atoms with van der Waals surface area (Å²) in [5, 5.41) is 69.4. The molecule has 5 atom stereocenters. The van der Waals surface area contributed by atoms with E-state index in [1.165, 1.54) is 31.4 Å². The molecule has 1 aromatic heterocycles. The summed E-state index contributed by atoms with van der Waals surface area (Å²) in [6.07, 6.45) is -8.10. The normalized spacial score (nSPS) is 24.8. The molecule has 182 valence electrons. The first kappa shape index (κ1) is 23.6. The minimum absolute atomic E-state index is 0.0244. The van der Waals surface area contributed by atoms with Gasteiger partial charge < -0.3 is 54.4 Å². The maximum atomic E-state index is 13.0. The highest BCUT2D eigenvalue weighted by molar-refractivity contribution is 5.91. The van der Waals surface area contributed by atoms with Crippen LogP contribution < -0.4 is 14.9 Å². The lowest BCUT2D eigenvalue weighted by molar-refractivity contribution is -0.277. The number of phenolic OH excluding ortho intramolecular Hbond substituents is 3. The van der Waals surface area contributed by atoms with Crippen molar-refractivity contribution in [2.24, 2.45) is 0 Å². The van der Waals surface area contributed by atoms with Gasteiger partial charge >= 0.3 is 0 Å². The third-order valence-electron chi connectivity index (χ3n) is 5.48. The lowest BCUT2D eigenvalue weighted by atomic mass is 9.99. The SMILES string of the molecule is COc1c(-c2ccc(O)cc2)oc2cc(O[C@@H]3OC(CO)[C@@H](O)[C@H](O)C3O)c(O)c(O)c2c1=O. The maximum absolute atomic E-state index is 13.0. The Balaban J connectivity index is 1.83. The highest BCUT2D eigenvalue weighted by Gasteiger charge is 2.45. The van der Waals surface area contributed by atoms with Crippen LogP contribution >= 0.6 is 0 Å². The van der Waals surface area contributed by atoms with Gasteiger partial charge in [-0.05, 0) is 24.3 Å². The summed E-state index contributed by atoms with van der Waals surface area (Å²) >= 11 is 0. The molecule has 1 fully saturated rings. The summed E-state index contributed by atoms with van der Waals surface area (Å²) in [7, 11) is 1.22. The van der Waals surface area contributed by atoms with Crippen LogP contribution in [0.15, 0.2) is 39.5 Å². The summed E-state index contributed by atoms with van der Waals surface area (Å²) in [5.74, 6) is -2.61. The Morgan fingerprint density at radius 1 is 0.971 bits per heavy atom. The van der Waals surface area contributed by atoms with Gasteiger partial charge in [0.2, 0.25) is 23.2 Å². The summed E-state index contributed by atoms with van der Waals surface area (Å²) in [5.41, 5.74) is -0.680. The smallest absolute Gasteiger partial charge is 0.239 e. The Morgan fingerprint density at radius 2 is 1.65 bits per heavy atom. The molecule has 0 amide bonds. The number of hydrogen-bond acceptors (Lipinski definition) is 12. The van der Waals surface area contributed by atoms with Gasteiger partial charge in [0, 0.05) is 11.6 Å². The van der Waals surface area contributed by atoms with E-state index in [0.717, 1.165) is 6.07 Å². The number of ether oxygens (including phenoxy) is 3. The van der Waals surface area contributed by atoms with Crippen molar-refractivity contribution in [3.8, 4) is 40.1 Å². The van der Waals surface area contributed by atoms with Crippen LogP contribution in [0.4, 0.5) is 0 Å². The van der Waals surface area contributed by atoms with Crippen molar-refractivity contribution < 1.29 is 54.4 Å². The molecule has 4 rings (SSSR count). The zero-order valence-corrected chi connectivity index (χ0v) is 17.7. The van der Waals surface area contributed by atoms with E-state index < -0.39 is 65.4 Å². The number of fused-ring (bicyclic) bond motifs is 1. The monoisotopic (exact) mass is 478 g/mol. The van der Waals surface area contributed by atoms with Gasteiger partial charge in [-0.2, -0.15) is 0 Å². The quantitative estimate of drug-likeness (QED) is 0.238. The fourth-order valence-electron chi connectivity index (χ4n) is 3.65. The Kier molecular flexibility index (Phi) is 6.25. The van der Waals surface area contributed by atoms with Crippen LogP contribution in [0, 0.1) is 0 Å². The van der Waals surface area contributed by atoms with Gasteiger partial charge in [0.1, 0.15) is 41.1 Å². The first-order valence-electron chi connectivity index (χ1n) is 10.0. The Hall–Kier alpha value is -3.55. The number of aliphatic hydroxyl groups is 4. The van der Waals surface area contributed by atoms with E-state index in [9.17, 15) is 40.5 Å². The number of benzene rings is 2. The van der Waals surface area contributed by atoms with E-state index in [1.54, 1.807) is 0 Å². The van der Waals surface area contributed by atoms with E-state index >= 15 is 0 Å². The van der Waals surface area contributed by atoms with E-state index in [0.29, 0.717) is 5.56 Å². The number of aliphatic hydroxyl groups excluding tert-OH is 4. The average molecular weight is 478 g/mol. The molecule has 34 heavy (non-hydrogen) atoms. The number of aromatic hydroxyl groups is 3. The molecule has 12 heteroatoms. The van der Waals surface area contributed by atoms with Crippen LogP contribution in [0.2, 0.25) is 0 Å². The second kappa shape index (κ2) is 9.00. The Morgan fingerprint density at radius 3 is 2.26 bits per heavy atom. The molecule has 0 radical (unpaired) electrons. The van der Waals surface area contributed by atoms with Gasteiger partial charge in [-0.15, -0.1) is 0 Å². The van der Waals surface area contributed by atoms with Crippen molar-refractivity contribution in [1.29, 1.82) is 0 Å². The van der Waals surface area contributed by atoms with Crippen molar-refractivity contribution in [3.05, 3.63) is 40.6 Å². The third-order valence-corrected chi connectivity index (χ3v) is 5.48. The number of methoxy groups -OCH3 is 1. The van der Waals surface area contributed by atoms with Crippen LogP contribution in [0.25, 0.3) is 22.3 Å². The van der Waals surface area contributed by atoms with Gasteiger partial charge in [-0.3, -0.25) is 4.79 Å². The molecule has 3 aromatic rings. The van der Waals surface area contributed by atoms with Gasteiger partial charge in [-0.1, -0.05) is 0 Å². The molecule has 12 nitrogen and oxygen atoms in total. The van der Waals surface area contributed by atoms with Crippen LogP contribution in [-0.4, -0.2) is 80.2 Å². The molecule has 0 bridgehead atoms. The standard InChI is InChI=1S/C22H22O12/c1-31-21-17(28)13-10(32-20(21)8-2-4-9(24)5-3-8)6-11(14(25)16(13)27)33-22-19(30)18(29)15(26)12(7-23)34-22/h2-6,12,15,18-19,22-27,29-30H,7H2,1H3/t12?,15-,18+,19?,22-/m1/s1. The van der Waals surface area contributed by atoms with E-state index in [2.05, 4.69) is 0 Å². The van der Waals surface area contributed by atoms with Crippen LogP contribution in [0.1, 0.15) is 0 Å². The number of hydrogen-bond donors (Lipinski definition) is 7. The lowest BCUT2D eigenvalue weighted by Gasteiger charge is -2.39. The first-order valence-corrected chi connectivity index (χ1v) is 10.0. The summed E-state index contributed by atoms with van der Waals surface area (Å²) < 4.78 is 21.6. The Labute approximate surface area is 191 Å². The molecule has 7 N–H and O–H groups in total. The zero-order valence-electron chi connectivity index (χ0n) is 17.7. The molecule has 0 saturated carbocycles. The summed E-state index contributed by atoms with van der Waals surface area (Å²) in [6, 6.07) is 6.71. The molecular weight excluding hydrogens is 456 g/mol. The van der Waals surface area contributed by atoms with Crippen molar-refractivity contribution in [3.63, 3.8) is 0 Å². The molecule has 2 unspecified atom stereocenters. The molecule has 1 saturated heterocycles. The van der Waals surface area contributed by atoms with Crippen LogP contribution in [0.3, 0.4) is 0 Å². The summed E-state index contributed by atoms with van der Waals surface area (Å²) in [4.78, 5) is 13.0. The Bertz CT molecular complexity index is 1250. The second-order valence-corrected chi connectivity index (χ2v) is 7.60. The predicted octanol–water partition coefficient (Wildman–Crippen LogP) is -0.236. The zero-order chi connectivity index (χ0) is 24.7. The van der Waals surface area contributed by atoms with Gasteiger partial charge in [0.25, 0.3) is 0 Å². The fourth-order valence-corrected chi connectivity index (χ4v) is 3.65. The van der Waals surface area contributed by atoms with Crippen molar-refractivity contribution in [1.82, 2.24) is 0 Å². The number of phenols is 3. The highest BCUT2D eigenvalue weighted by atomic mass is 16.7. The minimum atomic E-state index is -1.79. The van der Waals surface area contributed by atoms with Gasteiger partial charge in [0.15, 0.2) is 17.3 Å². The van der Waals surface area contributed by atoms with E-state index in [-0.39, 0.29) is 22.8 Å². The molecular formula is C22H22O12. The number of rotatable bonds is 5. The summed E-state index contributed by atoms with van der Waals surface area (Å²) in [6.45, 7) is -0.704. The second-order valence-electron chi connectivity index (χ2n) is 7.60. The molecule has 2 aromatic carbocycles. The van der Waals surface area contributed by atoms with Crippen LogP contribution in [-0.2, 0) is 4.74 Å². The predicted molar refractivity (Wildman–Crippen MR) is 114 cm³/mol.